The van der Waals surface area contributed by atoms with Gasteiger partial charge in [0.2, 0.25) is 0 Å². The molecule has 0 aliphatic rings. The number of carboxylic acids is 1. The van der Waals surface area contributed by atoms with Crippen molar-refractivity contribution in [2.45, 2.75) is 51.7 Å². The number of nitrogens with zero attached hydrogens (tertiary/aromatic N) is 4. The first-order valence-corrected chi connectivity index (χ1v) is 10.3. The van der Waals surface area contributed by atoms with E-state index in [4.69, 9.17) is 4.74 Å². The first-order valence-electron chi connectivity index (χ1n) is 10.3. The number of aryl methyl sites for hydroxylation is 1. The third-order valence-electron chi connectivity index (χ3n) is 5.15. The molecule has 3 N–H and O–H groups in total. The summed E-state index contributed by atoms with van der Waals surface area (Å²) in [7, 11) is 1.48. The second-order valence-electron chi connectivity index (χ2n) is 8.71. The lowest BCUT2D eigenvalue weighted by Gasteiger charge is -2.28. The maximum Gasteiger partial charge on any atom is 0.305 e. The normalized spacial score (nSPS) is 13.5. The lowest BCUT2D eigenvalue weighted by molar-refractivity contribution is -0.137. The smallest absolute Gasteiger partial charge is 0.305 e. The van der Waals surface area contributed by atoms with Gasteiger partial charge in [0, 0.05) is 6.04 Å². The van der Waals surface area contributed by atoms with Crippen LogP contribution in [0.4, 0.5) is 0 Å². The minimum absolute atomic E-state index is 0.0308. The second-order valence-corrected chi connectivity index (χ2v) is 8.71. The molecule has 0 saturated heterocycles. The molecule has 0 spiro atoms. The Bertz CT molecular complexity index is 1070. The highest BCUT2D eigenvalue weighted by atomic mass is 16.5. The van der Waals surface area contributed by atoms with E-state index in [1.807, 2.05) is 52.0 Å². The quantitative estimate of drug-likeness (QED) is 0.488. The van der Waals surface area contributed by atoms with Gasteiger partial charge in [-0.1, -0.05) is 35.9 Å². The van der Waals surface area contributed by atoms with Gasteiger partial charge in [-0.25, -0.2) is 4.68 Å². The van der Waals surface area contributed by atoms with Crippen molar-refractivity contribution in [2.24, 2.45) is 0 Å². The van der Waals surface area contributed by atoms with E-state index in [0.717, 1.165) is 11.1 Å². The third-order valence-corrected chi connectivity index (χ3v) is 5.15. The van der Waals surface area contributed by atoms with Crippen LogP contribution in [0.3, 0.4) is 0 Å². The average molecular weight is 440 g/mol. The zero-order valence-corrected chi connectivity index (χ0v) is 18.9. The first kappa shape index (κ1) is 23.2. The molecule has 2 atom stereocenters. The summed E-state index contributed by atoms with van der Waals surface area (Å²) in [5.74, 6) is -0.125. The molecule has 0 aliphatic heterocycles. The maximum absolute atomic E-state index is 11.7. The Hall–Kier alpha value is -3.46. The molecular weight excluding hydrogens is 410 g/mol. The van der Waals surface area contributed by atoms with E-state index in [2.05, 4.69) is 20.8 Å². The molecule has 3 rings (SSSR count). The van der Waals surface area contributed by atoms with Crippen LogP contribution in [0.15, 0.2) is 42.5 Å². The minimum Gasteiger partial charge on any atom is -0.504 e. The summed E-state index contributed by atoms with van der Waals surface area (Å²) >= 11 is 0. The molecule has 0 aliphatic carbocycles. The molecule has 32 heavy (non-hydrogen) atoms. The molecule has 2 unspecified atom stereocenters. The number of carboxylic acid groups (broad SMARTS) is 1. The summed E-state index contributed by atoms with van der Waals surface area (Å²) in [4.78, 5) is 11.7. The number of aromatic hydroxyl groups is 1. The van der Waals surface area contributed by atoms with Crippen LogP contribution in [0.5, 0.6) is 11.5 Å². The first-order chi connectivity index (χ1) is 15.1. The molecule has 0 radical (unpaired) electrons. The number of benzene rings is 2. The van der Waals surface area contributed by atoms with Gasteiger partial charge >= 0.3 is 5.97 Å². The molecule has 0 fully saturated rings. The fourth-order valence-corrected chi connectivity index (χ4v) is 3.51. The fourth-order valence-electron chi connectivity index (χ4n) is 3.51. The highest BCUT2D eigenvalue weighted by Crippen LogP contribution is 2.34. The molecule has 0 amide bonds. The predicted octanol–water partition coefficient (Wildman–Crippen LogP) is 3.35. The largest absolute Gasteiger partial charge is 0.504 e. The van der Waals surface area contributed by atoms with Crippen molar-refractivity contribution >= 4 is 5.97 Å². The molecule has 9 heteroatoms. The van der Waals surface area contributed by atoms with E-state index in [1.165, 1.54) is 7.11 Å². The topological polar surface area (TPSA) is 122 Å². The summed E-state index contributed by atoms with van der Waals surface area (Å²) in [6, 6.07) is 11.6. The molecule has 3 aromatic rings. The van der Waals surface area contributed by atoms with Gasteiger partial charge in [-0.3, -0.25) is 10.1 Å². The van der Waals surface area contributed by atoms with Crippen LogP contribution in [0.25, 0.3) is 0 Å². The van der Waals surface area contributed by atoms with Crippen molar-refractivity contribution in [3.63, 3.8) is 0 Å². The zero-order chi connectivity index (χ0) is 23.5. The fraction of sp³-hybridized carbons (Fsp3) is 0.391. The maximum atomic E-state index is 11.7. The van der Waals surface area contributed by atoms with Gasteiger partial charge in [0.25, 0.3) is 0 Å². The number of aliphatic carboxylic acids is 1. The number of aromatic nitrogens is 4. The van der Waals surface area contributed by atoms with Crippen LogP contribution in [-0.2, 0) is 10.3 Å². The number of hydrogen-bond acceptors (Lipinski definition) is 7. The number of phenolic OH excluding ortho intramolecular Hbond substituents is 1. The average Bonchev–Trinajstić information content (AvgIpc) is 3.21. The summed E-state index contributed by atoms with van der Waals surface area (Å²) in [6.45, 7) is 7.90. The van der Waals surface area contributed by atoms with Gasteiger partial charge < -0.3 is 14.9 Å². The van der Waals surface area contributed by atoms with Crippen LogP contribution in [0, 0.1) is 6.92 Å². The van der Waals surface area contributed by atoms with Gasteiger partial charge in [-0.05, 0) is 61.4 Å². The predicted molar refractivity (Wildman–Crippen MR) is 119 cm³/mol. The summed E-state index contributed by atoms with van der Waals surface area (Å²) in [5.41, 5.74) is 2.16. The van der Waals surface area contributed by atoms with Gasteiger partial charge in [-0.15, -0.1) is 5.10 Å². The van der Waals surface area contributed by atoms with E-state index >= 15 is 0 Å². The van der Waals surface area contributed by atoms with E-state index in [9.17, 15) is 15.0 Å². The van der Waals surface area contributed by atoms with Crippen molar-refractivity contribution in [1.29, 1.82) is 0 Å². The second kappa shape index (κ2) is 9.35. The number of methoxy groups -OCH3 is 1. The van der Waals surface area contributed by atoms with Gasteiger partial charge in [0.05, 0.1) is 25.1 Å². The summed E-state index contributed by atoms with van der Waals surface area (Å²) in [5, 5.41) is 35.6. The van der Waals surface area contributed by atoms with Gasteiger partial charge in [-0.2, -0.15) is 0 Å². The minimum atomic E-state index is -0.935. The van der Waals surface area contributed by atoms with Crippen molar-refractivity contribution in [2.75, 3.05) is 7.11 Å². The van der Waals surface area contributed by atoms with Crippen LogP contribution in [-0.4, -0.2) is 43.5 Å². The van der Waals surface area contributed by atoms with Crippen LogP contribution in [0.1, 0.15) is 61.8 Å². The Morgan fingerprint density at radius 2 is 1.81 bits per heavy atom. The van der Waals surface area contributed by atoms with E-state index in [0.29, 0.717) is 17.1 Å². The molecule has 0 bridgehead atoms. The Kier molecular flexibility index (Phi) is 6.78. The Morgan fingerprint density at radius 3 is 2.38 bits per heavy atom. The number of hydrogen-bond donors (Lipinski definition) is 3. The van der Waals surface area contributed by atoms with E-state index < -0.39 is 23.6 Å². The monoisotopic (exact) mass is 439 g/mol. The Labute approximate surface area is 187 Å². The van der Waals surface area contributed by atoms with Crippen LogP contribution >= 0.6 is 0 Å². The molecule has 1 heterocycles. The number of phenols is 1. The number of carbonyl (C=O) groups is 1. The highest BCUT2D eigenvalue weighted by molar-refractivity contribution is 5.68. The van der Waals surface area contributed by atoms with Crippen molar-refractivity contribution in [3.8, 4) is 11.5 Å². The van der Waals surface area contributed by atoms with Crippen molar-refractivity contribution < 1.29 is 19.7 Å². The SMILES string of the molecule is COc1ccc(C(NC(CC(=O)O)c2ccc(C)cc2)c2nnnn2C(C)(C)C)cc1O. The molecule has 0 saturated carbocycles. The third kappa shape index (κ3) is 5.23. The van der Waals surface area contributed by atoms with E-state index in [-0.39, 0.29) is 12.2 Å². The Balaban J connectivity index is 2.11. The number of tetrazole rings is 1. The summed E-state index contributed by atoms with van der Waals surface area (Å²) in [6.07, 6.45) is -0.140. The number of nitrogens with one attached hydrogen (secondary N) is 1. The number of ether oxygens (including phenoxy) is 1. The molecule has 170 valence electrons. The van der Waals surface area contributed by atoms with Crippen molar-refractivity contribution in [3.05, 3.63) is 65.0 Å². The van der Waals surface area contributed by atoms with Crippen LogP contribution < -0.4 is 10.1 Å². The summed E-state index contributed by atoms with van der Waals surface area (Å²) < 4.78 is 6.86. The lowest BCUT2D eigenvalue weighted by Crippen LogP contribution is -2.34. The molecule has 2 aromatic carbocycles. The lowest BCUT2D eigenvalue weighted by atomic mass is 9.98. The van der Waals surface area contributed by atoms with Gasteiger partial charge in [0.1, 0.15) is 0 Å². The van der Waals surface area contributed by atoms with E-state index in [1.54, 1.807) is 22.9 Å². The van der Waals surface area contributed by atoms with Crippen molar-refractivity contribution in [1.82, 2.24) is 25.5 Å². The Morgan fingerprint density at radius 1 is 1.16 bits per heavy atom. The molecular formula is C23H29N5O4. The zero-order valence-electron chi connectivity index (χ0n) is 18.9. The molecule has 1 aromatic heterocycles. The standard InChI is InChI=1S/C23H29N5O4/c1-14-6-8-15(9-7-14)17(13-20(30)31)24-21(16-10-11-19(32-5)18(29)12-16)22-25-26-27-28(22)23(2,3)4/h6-12,17,21,24,29H,13H2,1-5H3,(H,30,31). The van der Waals surface area contributed by atoms with Gasteiger partial charge in [0.15, 0.2) is 17.3 Å². The van der Waals surface area contributed by atoms with Crippen LogP contribution in [0.2, 0.25) is 0 Å². The number of rotatable bonds is 8. The highest BCUT2D eigenvalue weighted by Gasteiger charge is 2.30. The molecule has 9 nitrogen and oxygen atoms in total.